The second-order valence-electron chi connectivity index (χ2n) is 3.98. The fraction of sp³-hybridized carbons (Fsp3) is 0.300. The Morgan fingerprint density at radius 2 is 2.17 bits per heavy atom. The van der Waals surface area contributed by atoms with Crippen LogP contribution in [0, 0.1) is 13.8 Å². The molecule has 0 bridgehead atoms. The maximum atomic E-state index is 10.8. The van der Waals surface area contributed by atoms with Crippen molar-refractivity contribution in [1.29, 1.82) is 0 Å². The van der Waals surface area contributed by atoms with E-state index >= 15 is 0 Å². The van der Waals surface area contributed by atoms with Gasteiger partial charge in [0, 0.05) is 0 Å². The second-order valence-corrected chi connectivity index (χ2v) is 6.60. The zero-order valence-electron chi connectivity index (χ0n) is 9.88. The molecule has 0 spiro atoms. The summed E-state index contributed by atoms with van der Waals surface area (Å²) in [6, 6.07) is 1.71. The molecular formula is C10H13N2O4PS. The molecular weight excluding hydrogens is 275 g/mol. The number of rotatable bonds is 3. The number of hydrogen-bond donors (Lipinski definition) is 3. The third-order valence-corrected chi connectivity index (χ3v) is 4.01. The number of nitrogens with two attached hydrogens (primary N) is 1. The van der Waals surface area contributed by atoms with Gasteiger partial charge in [-0.25, -0.2) is 4.98 Å². The molecule has 0 aliphatic rings. The molecule has 1 aromatic heterocycles. The summed E-state index contributed by atoms with van der Waals surface area (Å²) in [5.41, 5.74) is 8.22. The van der Waals surface area contributed by atoms with Crippen molar-refractivity contribution in [2.24, 2.45) is 0 Å². The Bertz CT molecular complexity index is 649. The van der Waals surface area contributed by atoms with Crippen molar-refractivity contribution < 1.29 is 19.1 Å². The number of thiazole rings is 1. The average Bonchev–Trinajstić information content (AvgIpc) is 2.62. The van der Waals surface area contributed by atoms with Crippen molar-refractivity contribution >= 4 is 34.3 Å². The van der Waals surface area contributed by atoms with Gasteiger partial charge in [-0.2, -0.15) is 0 Å². The smallest absolute Gasteiger partial charge is 0.362 e. The SMILES string of the molecule is Cc1cc(OCP(=O)(O)O)c2nc(N)sc2c1C. The topological polar surface area (TPSA) is 106 Å². The van der Waals surface area contributed by atoms with Gasteiger partial charge in [0.1, 0.15) is 11.3 Å². The highest BCUT2D eigenvalue weighted by Crippen LogP contribution is 2.39. The Balaban J connectivity index is 2.50. The Morgan fingerprint density at radius 3 is 2.78 bits per heavy atom. The lowest BCUT2D eigenvalue weighted by molar-refractivity contribution is 0.302. The lowest BCUT2D eigenvalue weighted by atomic mass is 10.1. The van der Waals surface area contributed by atoms with Crippen molar-refractivity contribution in [3.8, 4) is 5.75 Å². The summed E-state index contributed by atoms with van der Waals surface area (Å²) < 4.78 is 16.9. The third-order valence-electron chi connectivity index (χ3n) is 2.55. The van der Waals surface area contributed by atoms with Crippen LogP contribution in [-0.4, -0.2) is 21.1 Å². The lowest BCUT2D eigenvalue weighted by Crippen LogP contribution is -1.99. The number of fused-ring (bicyclic) bond motifs is 1. The monoisotopic (exact) mass is 288 g/mol. The normalized spacial score (nSPS) is 12.0. The number of benzene rings is 1. The van der Waals surface area contributed by atoms with Crippen LogP contribution < -0.4 is 10.5 Å². The number of hydrogen-bond acceptors (Lipinski definition) is 5. The molecule has 8 heteroatoms. The molecule has 2 aromatic rings. The van der Waals surface area contributed by atoms with Gasteiger partial charge in [0.05, 0.1) is 4.70 Å². The van der Waals surface area contributed by atoms with E-state index in [-0.39, 0.29) is 0 Å². The van der Waals surface area contributed by atoms with E-state index < -0.39 is 13.9 Å². The predicted molar refractivity (Wildman–Crippen MR) is 71.0 cm³/mol. The van der Waals surface area contributed by atoms with Crippen molar-refractivity contribution in [3.05, 3.63) is 17.2 Å². The van der Waals surface area contributed by atoms with Crippen LogP contribution in [0.5, 0.6) is 5.75 Å². The molecule has 4 N–H and O–H groups in total. The van der Waals surface area contributed by atoms with E-state index in [0.717, 1.165) is 15.8 Å². The number of anilines is 1. The molecule has 0 aliphatic heterocycles. The van der Waals surface area contributed by atoms with Gasteiger partial charge in [0.2, 0.25) is 0 Å². The van der Waals surface area contributed by atoms with Crippen LogP contribution in [-0.2, 0) is 4.57 Å². The zero-order chi connectivity index (χ0) is 13.5. The fourth-order valence-electron chi connectivity index (χ4n) is 1.57. The van der Waals surface area contributed by atoms with E-state index in [9.17, 15) is 4.57 Å². The number of ether oxygens (including phenoxy) is 1. The van der Waals surface area contributed by atoms with E-state index in [1.807, 2.05) is 13.8 Å². The Morgan fingerprint density at radius 1 is 1.50 bits per heavy atom. The van der Waals surface area contributed by atoms with Crippen LogP contribution in [0.3, 0.4) is 0 Å². The highest BCUT2D eigenvalue weighted by Gasteiger charge is 2.18. The van der Waals surface area contributed by atoms with E-state index in [1.165, 1.54) is 11.3 Å². The minimum absolute atomic E-state index is 0.351. The van der Waals surface area contributed by atoms with E-state index in [2.05, 4.69) is 4.98 Å². The summed E-state index contributed by atoms with van der Waals surface area (Å²) in [4.78, 5) is 21.8. The van der Waals surface area contributed by atoms with Gasteiger partial charge in [-0.3, -0.25) is 4.57 Å². The van der Waals surface area contributed by atoms with Crippen LogP contribution in [0.1, 0.15) is 11.1 Å². The lowest BCUT2D eigenvalue weighted by Gasteiger charge is -2.10. The van der Waals surface area contributed by atoms with Gasteiger partial charge < -0.3 is 20.3 Å². The number of nitrogens with zero attached hydrogens (tertiary/aromatic N) is 1. The standard InChI is InChI=1S/C10H13N2O4PS/c1-5-3-7(16-4-17(13,14)15)8-9(6(5)2)18-10(11)12-8/h3H,4H2,1-2H3,(H2,11,12)(H2,13,14,15). The van der Waals surface area contributed by atoms with Crippen LogP contribution in [0.2, 0.25) is 0 Å². The van der Waals surface area contributed by atoms with Gasteiger partial charge in [0.25, 0.3) is 0 Å². The summed E-state index contributed by atoms with van der Waals surface area (Å²) in [5, 5.41) is 0.403. The molecule has 1 aromatic carbocycles. The molecule has 0 atom stereocenters. The second kappa shape index (κ2) is 4.51. The molecule has 98 valence electrons. The van der Waals surface area contributed by atoms with E-state index in [1.54, 1.807) is 6.07 Å². The van der Waals surface area contributed by atoms with Crippen molar-refractivity contribution in [3.63, 3.8) is 0 Å². The molecule has 0 saturated carbocycles. The Kier molecular flexibility index (Phi) is 3.33. The molecule has 1 heterocycles. The molecule has 0 aliphatic carbocycles. The molecule has 0 amide bonds. The molecule has 18 heavy (non-hydrogen) atoms. The Hall–Kier alpha value is -1.14. The van der Waals surface area contributed by atoms with Gasteiger partial charge in [-0.05, 0) is 31.0 Å². The molecule has 6 nitrogen and oxygen atoms in total. The highest BCUT2D eigenvalue weighted by atomic mass is 32.1. The van der Waals surface area contributed by atoms with E-state index in [4.69, 9.17) is 20.3 Å². The zero-order valence-corrected chi connectivity index (χ0v) is 11.6. The maximum Gasteiger partial charge on any atom is 0.362 e. The average molecular weight is 288 g/mol. The van der Waals surface area contributed by atoms with Gasteiger partial charge in [0.15, 0.2) is 11.5 Å². The minimum atomic E-state index is -4.21. The number of aryl methyl sites for hydroxylation is 2. The quantitative estimate of drug-likeness (QED) is 0.746. The molecule has 0 fully saturated rings. The third kappa shape index (κ3) is 2.64. The van der Waals surface area contributed by atoms with Crippen LogP contribution in [0.15, 0.2) is 6.07 Å². The number of aromatic nitrogens is 1. The number of nitrogen functional groups attached to an aromatic ring is 1. The largest absolute Gasteiger partial charge is 0.479 e. The van der Waals surface area contributed by atoms with Crippen LogP contribution >= 0.6 is 18.9 Å². The predicted octanol–water partition coefficient (Wildman–Crippen LogP) is 2.01. The first-order chi connectivity index (χ1) is 8.28. The first-order valence-electron chi connectivity index (χ1n) is 5.11. The molecule has 0 radical (unpaired) electrons. The van der Waals surface area contributed by atoms with Crippen molar-refractivity contribution in [2.45, 2.75) is 13.8 Å². The van der Waals surface area contributed by atoms with Crippen LogP contribution in [0.4, 0.5) is 5.13 Å². The van der Waals surface area contributed by atoms with Crippen LogP contribution in [0.25, 0.3) is 10.2 Å². The summed E-state index contributed by atoms with van der Waals surface area (Å²) in [6.07, 6.45) is -0.665. The van der Waals surface area contributed by atoms with Crippen molar-refractivity contribution in [1.82, 2.24) is 4.98 Å². The fourth-order valence-corrected chi connectivity index (χ4v) is 2.78. The molecule has 2 rings (SSSR count). The summed E-state index contributed by atoms with van der Waals surface area (Å²) in [6.45, 7) is 3.84. The highest BCUT2D eigenvalue weighted by molar-refractivity contribution is 7.51. The van der Waals surface area contributed by atoms with E-state index in [0.29, 0.717) is 16.4 Å². The summed E-state index contributed by atoms with van der Waals surface area (Å²) >= 11 is 1.33. The van der Waals surface area contributed by atoms with Gasteiger partial charge in [-0.1, -0.05) is 11.3 Å². The first kappa shape index (κ1) is 13.3. The van der Waals surface area contributed by atoms with Gasteiger partial charge >= 0.3 is 7.60 Å². The summed E-state index contributed by atoms with van der Waals surface area (Å²) in [5.74, 6) is 0.351. The minimum Gasteiger partial charge on any atom is -0.479 e. The Labute approximate surface area is 108 Å². The molecule has 0 saturated heterocycles. The maximum absolute atomic E-state index is 10.8. The molecule has 0 unspecified atom stereocenters. The first-order valence-corrected chi connectivity index (χ1v) is 7.73. The van der Waals surface area contributed by atoms with Gasteiger partial charge in [-0.15, -0.1) is 0 Å². The summed E-state index contributed by atoms with van der Waals surface area (Å²) in [7, 11) is -4.21. The van der Waals surface area contributed by atoms with Crippen molar-refractivity contribution in [2.75, 3.05) is 12.1 Å².